The largest absolute Gasteiger partial charge is 0.489 e. The van der Waals surface area contributed by atoms with Gasteiger partial charge in [0.05, 0.1) is 5.56 Å². The van der Waals surface area contributed by atoms with Gasteiger partial charge in [0.25, 0.3) is 5.91 Å². The first kappa shape index (κ1) is 23.8. The Morgan fingerprint density at radius 2 is 2.03 bits per heavy atom. The number of alkyl halides is 3. The number of amides is 1. The summed E-state index contributed by atoms with van der Waals surface area (Å²) in [6.45, 7) is 3.86. The molecule has 2 aromatic carbocycles. The summed E-state index contributed by atoms with van der Waals surface area (Å²) in [5.74, 6) is -0.161. The van der Waals surface area contributed by atoms with Crippen molar-refractivity contribution in [1.29, 1.82) is 5.26 Å². The molecule has 0 aliphatic rings. The van der Waals surface area contributed by atoms with Crippen molar-refractivity contribution in [2.75, 3.05) is 11.9 Å². The molecule has 0 fully saturated rings. The maximum atomic E-state index is 12.9. The van der Waals surface area contributed by atoms with Gasteiger partial charge in [-0.2, -0.15) is 18.4 Å². The molecule has 0 aliphatic heterocycles. The highest BCUT2D eigenvalue weighted by Crippen LogP contribution is 2.30. The van der Waals surface area contributed by atoms with Crippen molar-refractivity contribution in [3.8, 4) is 11.8 Å². The molecule has 0 saturated carbocycles. The van der Waals surface area contributed by atoms with Crippen LogP contribution in [0.3, 0.4) is 0 Å². The van der Waals surface area contributed by atoms with Gasteiger partial charge in [0, 0.05) is 23.1 Å². The number of nitrogens with one attached hydrogen (secondary N) is 1. The summed E-state index contributed by atoms with van der Waals surface area (Å²) in [6, 6.07) is 13.8. The molecule has 0 radical (unpaired) electrons. The minimum Gasteiger partial charge on any atom is -0.489 e. The van der Waals surface area contributed by atoms with E-state index in [0.717, 1.165) is 23.5 Å². The highest BCUT2D eigenvalue weighted by molar-refractivity contribution is 7.15. The zero-order valence-corrected chi connectivity index (χ0v) is 18.0. The van der Waals surface area contributed by atoms with Gasteiger partial charge in [-0.25, -0.2) is 4.98 Å². The van der Waals surface area contributed by atoms with Gasteiger partial charge in [0.1, 0.15) is 24.0 Å². The van der Waals surface area contributed by atoms with Crippen LogP contribution in [0.1, 0.15) is 21.6 Å². The Morgan fingerprint density at radius 3 is 2.76 bits per heavy atom. The normalized spacial score (nSPS) is 11.5. The monoisotopic (exact) mass is 469 g/mol. The molecule has 3 rings (SSSR count). The summed E-state index contributed by atoms with van der Waals surface area (Å²) in [5, 5.41) is 12.2. The quantitative estimate of drug-likeness (QED) is 0.255. The van der Waals surface area contributed by atoms with Crippen molar-refractivity contribution < 1.29 is 22.7 Å². The minimum absolute atomic E-state index is 0.153. The third-order valence-electron chi connectivity index (χ3n) is 4.35. The van der Waals surface area contributed by atoms with E-state index in [1.807, 2.05) is 6.07 Å². The molecule has 1 heterocycles. The Balaban J connectivity index is 1.72. The summed E-state index contributed by atoms with van der Waals surface area (Å²) in [4.78, 5) is 17.3. The summed E-state index contributed by atoms with van der Waals surface area (Å²) >= 11 is 1.12. The minimum atomic E-state index is -4.42. The lowest BCUT2D eigenvalue weighted by Crippen LogP contribution is -2.13. The molecule has 0 saturated heterocycles. The Morgan fingerprint density at radius 1 is 1.24 bits per heavy atom. The summed E-state index contributed by atoms with van der Waals surface area (Å²) in [5.41, 5.74) is 0.147. The zero-order valence-electron chi connectivity index (χ0n) is 17.2. The van der Waals surface area contributed by atoms with E-state index >= 15 is 0 Å². The number of nitriles is 1. The first-order valence-electron chi connectivity index (χ1n) is 9.67. The number of halogens is 3. The fraction of sp³-hybridized carbons (Fsp3) is 0.125. The molecule has 1 amide bonds. The van der Waals surface area contributed by atoms with Crippen molar-refractivity contribution in [2.45, 2.75) is 12.6 Å². The van der Waals surface area contributed by atoms with Crippen LogP contribution in [0.4, 0.5) is 18.3 Å². The van der Waals surface area contributed by atoms with Gasteiger partial charge in [-0.1, -0.05) is 49.1 Å². The number of hydrogen-bond donors (Lipinski definition) is 1. The molecule has 168 valence electrons. The number of nitrogens with zero attached hydrogens (tertiary/aromatic N) is 2. The Kier molecular flexibility index (Phi) is 7.64. The van der Waals surface area contributed by atoms with Gasteiger partial charge < -0.3 is 4.74 Å². The second kappa shape index (κ2) is 10.6. The molecule has 5 nitrogen and oxygen atoms in total. The predicted octanol–water partition coefficient (Wildman–Crippen LogP) is 5.86. The number of para-hydroxylation sites is 1. The Bertz CT molecular complexity index is 1230. The second-order valence-electron chi connectivity index (χ2n) is 6.77. The molecule has 0 unspecified atom stereocenters. The van der Waals surface area contributed by atoms with Crippen LogP contribution < -0.4 is 10.1 Å². The Hall–Kier alpha value is -3.90. The molecule has 0 bridgehead atoms. The predicted molar refractivity (Wildman–Crippen MR) is 121 cm³/mol. The van der Waals surface area contributed by atoms with Crippen molar-refractivity contribution in [3.63, 3.8) is 0 Å². The molecule has 1 aromatic heterocycles. The SMILES string of the molecule is C=CCOc1ccccc1C=C(C#N)C(=O)Nc1ncc(Cc2cccc(C(F)(F)F)c2)s1. The topological polar surface area (TPSA) is 75.0 Å². The Labute approximate surface area is 192 Å². The van der Waals surface area contributed by atoms with Crippen LogP contribution in [-0.2, 0) is 17.4 Å². The molecule has 0 atom stereocenters. The van der Waals surface area contributed by atoms with Crippen LogP contribution in [-0.4, -0.2) is 17.5 Å². The van der Waals surface area contributed by atoms with E-state index in [1.165, 1.54) is 18.3 Å². The lowest BCUT2D eigenvalue weighted by atomic mass is 10.1. The van der Waals surface area contributed by atoms with E-state index in [-0.39, 0.29) is 23.7 Å². The summed E-state index contributed by atoms with van der Waals surface area (Å²) in [7, 11) is 0. The molecule has 1 N–H and O–H groups in total. The van der Waals surface area contributed by atoms with Crippen LogP contribution in [0.15, 0.2) is 73.0 Å². The number of carbonyl (C=O) groups excluding carboxylic acids is 1. The number of thiazole rings is 1. The summed E-state index contributed by atoms with van der Waals surface area (Å²) < 4.78 is 44.2. The van der Waals surface area contributed by atoms with E-state index in [1.54, 1.807) is 36.4 Å². The molecule has 33 heavy (non-hydrogen) atoms. The number of carbonyl (C=O) groups is 1. The first-order chi connectivity index (χ1) is 15.8. The number of ether oxygens (including phenoxy) is 1. The van der Waals surface area contributed by atoms with Crippen molar-refractivity contribution in [1.82, 2.24) is 4.98 Å². The average molecular weight is 469 g/mol. The van der Waals surface area contributed by atoms with Gasteiger partial charge in [0.15, 0.2) is 5.13 Å². The van der Waals surface area contributed by atoms with Gasteiger partial charge in [0.2, 0.25) is 0 Å². The van der Waals surface area contributed by atoms with E-state index < -0.39 is 17.6 Å². The third-order valence-corrected chi connectivity index (χ3v) is 5.26. The van der Waals surface area contributed by atoms with Crippen LogP contribution >= 0.6 is 11.3 Å². The van der Waals surface area contributed by atoms with Crippen LogP contribution in [0, 0.1) is 11.3 Å². The van der Waals surface area contributed by atoms with Gasteiger partial charge in [-0.3, -0.25) is 10.1 Å². The van der Waals surface area contributed by atoms with Crippen LogP contribution in [0.2, 0.25) is 0 Å². The fourth-order valence-electron chi connectivity index (χ4n) is 2.85. The van der Waals surface area contributed by atoms with E-state index in [2.05, 4.69) is 16.9 Å². The third kappa shape index (κ3) is 6.54. The number of hydrogen-bond acceptors (Lipinski definition) is 5. The van der Waals surface area contributed by atoms with Gasteiger partial charge in [-0.15, -0.1) is 11.3 Å². The molecule has 0 aliphatic carbocycles. The number of aromatic nitrogens is 1. The van der Waals surface area contributed by atoms with Crippen molar-refractivity contribution in [3.05, 3.63) is 94.5 Å². The smallest absolute Gasteiger partial charge is 0.416 e. The van der Waals surface area contributed by atoms with Crippen LogP contribution in [0.5, 0.6) is 5.75 Å². The van der Waals surface area contributed by atoms with Crippen LogP contribution in [0.25, 0.3) is 6.08 Å². The average Bonchev–Trinajstić information content (AvgIpc) is 3.22. The maximum Gasteiger partial charge on any atom is 0.416 e. The second-order valence-corrected chi connectivity index (χ2v) is 7.88. The standard InChI is InChI=1S/C24H18F3N3O2S/c1-2-10-32-21-9-4-3-7-17(21)13-18(14-28)22(31)30-23-29-15-20(33-23)12-16-6-5-8-19(11-16)24(25,26)27/h2-9,11,13,15H,1,10,12H2,(H,29,30,31). The van der Waals surface area contributed by atoms with E-state index in [9.17, 15) is 23.2 Å². The van der Waals surface area contributed by atoms with Gasteiger partial charge >= 0.3 is 6.18 Å². The van der Waals surface area contributed by atoms with Gasteiger partial charge in [-0.05, 0) is 23.8 Å². The first-order valence-corrected chi connectivity index (χ1v) is 10.5. The number of rotatable bonds is 8. The molecule has 9 heteroatoms. The fourth-order valence-corrected chi connectivity index (χ4v) is 3.70. The van der Waals surface area contributed by atoms with Crippen molar-refractivity contribution in [2.24, 2.45) is 0 Å². The zero-order chi connectivity index (χ0) is 23.8. The number of benzene rings is 2. The van der Waals surface area contributed by atoms with E-state index in [0.29, 0.717) is 21.8 Å². The lowest BCUT2D eigenvalue weighted by Gasteiger charge is -2.08. The molecular formula is C24H18F3N3O2S. The molecule has 3 aromatic rings. The number of anilines is 1. The maximum absolute atomic E-state index is 12.9. The highest BCUT2D eigenvalue weighted by Gasteiger charge is 2.30. The lowest BCUT2D eigenvalue weighted by molar-refractivity contribution is -0.137. The molecular weight excluding hydrogens is 451 g/mol. The molecule has 0 spiro atoms. The van der Waals surface area contributed by atoms with E-state index in [4.69, 9.17) is 4.74 Å². The summed E-state index contributed by atoms with van der Waals surface area (Å²) in [6.07, 6.45) is 0.280. The van der Waals surface area contributed by atoms with Crippen molar-refractivity contribution >= 4 is 28.5 Å². The highest BCUT2D eigenvalue weighted by atomic mass is 32.1.